The Hall–Kier alpha value is -2.77. The lowest BCUT2D eigenvalue weighted by molar-refractivity contribution is -0.121. The zero-order valence-corrected chi connectivity index (χ0v) is 10.7. The zero-order valence-electron chi connectivity index (χ0n) is 10.7. The van der Waals surface area contributed by atoms with Gasteiger partial charge in [-0.1, -0.05) is 0 Å². The van der Waals surface area contributed by atoms with E-state index in [1.54, 1.807) is 0 Å². The Morgan fingerprint density at radius 3 is 2.85 bits per heavy atom. The number of methoxy groups -OCH3 is 1. The van der Waals surface area contributed by atoms with Crippen LogP contribution in [-0.2, 0) is 14.3 Å². The Bertz CT molecular complexity index is 597. The number of carbonyl (C=O) groups excluding carboxylic acids is 3. The summed E-state index contributed by atoms with van der Waals surface area (Å²) >= 11 is 0. The number of ether oxygens (including phenoxy) is 1. The van der Waals surface area contributed by atoms with Crippen molar-refractivity contribution in [1.82, 2.24) is 10.4 Å². The molecule has 0 unspecified atom stereocenters. The first-order chi connectivity index (χ1) is 9.60. The van der Waals surface area contributed by atoms with Crippen LogP contribution in [0.4, 0.5) is 5.82 Å². The molecule has 0 aliphatic carbocycles. The molecule has 104 valence electrons. The molecule has 0 atom stereocenters. The lowest BCUT2D eigenvalue weighted by Gasteiger charge is -2.11. The van der Waals surface area contributed by atoms with Gasteiger partial charge in [0, 0.05) is 19.0 Å². The fourth-order valence-corrected chi connectivity index (χ4v) is 1.57. The van der Waals surface area contributed by atoms with E-state index in [-0.39, 0.29) is 35.8 Å². The fourth-order valence-electron chi connectivity index (χ4n) is 1.57. The number of nitrogens with zero attached hydrogens (tertiary/aromatic N) is 2. The number of pyridine rings is 1. The molecule has 2 rings (SSSR count). The number of nitrogens with one attached hydrogen (secondary N) is 2. The van der Waals surface area contributed by atoms with Crippen LogP contribution in [0.3, 0.4) is 0 Å². The maximum absolute atomic E-state index is 11.9. The van der Waals surface area contributed by atoms with Gasteiger partial charge in [0.2, 0.25) is 5.91 Å². The third-order valence-corrected chi connectivity index (χ3v) is 2.59. The maximum Gasteiger partial charge on any atom is 0.338 e. The Morgan fingerprint density at radius 2 is 2.20 bits per heavy atom. The number of hydrogen-bond donors (Lipinski definition) is 2. The molecule has 0 fully saturated rings. The van der Waals surface area contributed by atoms with Gasteiger partial charge >= 0.3 is 5.97 Å². The summed E-state index contributed by atoms with van der Waals surface area (Å²) in [6, 6.07) is 2.87. The Balaban J connectivity index is 2.08. The molecule has 1 aromatic heterocycles. The predicted octanol–water partition coefficient (Wildman–Crippen LogP) is 0.0727. The first-order valence-corrected chi connectivity index (χ1v) is 5.81. The van der Waals surface area contributed by atoms with Crippen molar-refractivity contribution >= 4 is 29.3 Å². The molecule has 2 heterocycles. The van der Waals surface area contributed by atoms with Gasteiger partial charge in [-0.2, -0.15) is 5.10 Å². The van der Waals surface area contributed by atoms with E-state index in [1.807, 2.05) is 0 Å². The first-order valence-electron chi connectivity index (χ1n) is 5.81. The van der Waals surface area contributed by atoms with E-state index in [0.29, 0.717) is 0 Å². The topological polar surface area (TPSA) is 110 Å². The standard InChI is InChI=1S/C12H12N4O4/c1-20-12(19)7-4-5-13-9(6-7)14-11(18)8-2-3-10(17)16-15-8/h4-6H,2-3H2,1H3,(H,16,17)(H,13,14,18). The van der Waals surface area contributed by atoms with Gasteiger partial charge in [0.15, 0.2) is 0 Å². The van der Waals surface area contributed by atoms with Crippen LogP contribution in [0.5, 0.6) is 0 Å². The number of carbonyl (C=O) groups is 3. The summed E-state index contributed by atoms with van der Waals surface area (Å²) in [7, 11) is 1.26. The lowest BCUT2D eigenvalue weighted by Crippen LogP contribution is -2.33. The zero-order chi connectivity index (χ0) is 14.5. The summed E-state index contributed by atoms with van der Waals surface area (Å²) < 4.78 is 4.57. The lowest BCUT2D eigenvalue weighted by atomic mass is 10.1. The minimum atomic E-state index is -0.523. The summed E-state index contributed by atoms with van der Waals surface area (Å²) in [6.07, 6.45) is 1.85. The Labute approximate surface area is 114 Å². The van der Waals surface area contributed by atoms with Crippen LogP contribution in [-0.4, -0.2) is 35.6 Å². The van der Waals surface area contributed by atoms with Crippen LogP contribution < -0.4 is 10.7 Å². The molecule has 2 amide bonds. The molecule has 20 heavy (non-hydrogen) atoms. The highest BCUT2D eigenvalue weighted by molar-refractivity contribution is 6.43. The molecule has 0 radical (unpaired) electrons. The van der Waals surface area contributed by atoms with Gasteiger partial charge in [-0.05, 0) is 12.1 Å². The van der Waals surface area contributed by atoms with Gasteiger partial charge in [-0.25, -0.2) is 15.2 Å². The Kier molecular flexibility index (Phi) is 4.04. The number of esters is 1. The van der Waals surface area contributed by atoms with Crippen LogP contribution in [0, 0.1) is 0 Å². The molecular weight excluding hydrogens is 264 g/mol. The van der Waals surface area contributed by atoms with Gasteiger partial charge in [0.1, 0.15) is 11.5 Å². The van der Waals surface area contributed by atoms with Crippen molar-refractivity contribution in [1.29, 1.82) is 0 Å². The molecule has 1 aromatic rings. The third kappa shape index (κ3) is 3.16. The van der Waals surface area contributed by atoms with E-state index < -0.39 is 11.9 Å². The van der Waals surface area contributed by atoms with Gasteiger partial charge in [-0.3, -0.25) is 9.59 Å². The van der Waals surface area contributed by atoms with Crippen molar-refractivity contribution in [3.63, 3.8) is 0 Å². The van der Waals surface area contributed by atoms with Crippen molar-refractivity contribution in [3.8, 4) is 0 Å². The van der Waals surface area contributed by atoms with E-state index in [1.165, 1.54) is 25.4 Å². The molecular formula is C12H12N4O4. The predicted molar refractivity (Wildman–Crippen MR) is 69.0 cm³/mol. The summed E-state index contributed by atoms with van der Waals surface area (Å²) in [5, 5.41) is 6.17. The van der Waals surface area contributed by atoms with Crippen LogP contribution >= 0.6 is 0 Å². The smallest absolute Gasteiger partial charge is 0.338 e. The minimum Gasteiger partial charge on any atom is -0.465 e. The van der Waals surface area contributed by atoms with Crippen LogP contribution in [0.15, 0.2) is 23.4 Å². The molecule has 0 saturated heterocycles. The highest BCUT2D eigenvalue weighted by atomic mass is 16.5. The van der Waals surface area contributed by atoms with Gasteiger partial charge < -0.3 is 10.1 Å². The molecule has 0 spiro atoms. The minimum absolute atomic E-state index is 0.204. The van der Waals surface area contributed by atoms with Crippen molar-refractivity contribution in [3.05, 3.63) is 23.9 Å². The fraction of sp³-hybridized carbons (Fsp3) is 0.250. The molecule has 0 saturated carbocycles. The number of hydrazone groups is 1. The maximum atomic E-state index is 11.9. The van der Waals surface area contributed by atoms with Crippen molar-refractivity contribution in [2.45, 2.75) is 12.8 Å². The molecule has 2 N–H and O–H groups in total. The molecule has 1 aliphatic heterocycles. The SMILES string of the molecule is COC(=O)c1ccnc(NC(=O)C2=NNC(=O)CC2)c1. The quantitative estimate of drug-likeness (QED) is 0.759. The molecule has 0 aromatic carbocycles. The monoisotopic (exact) mass is 276 g/mol. The van der Waals surface area contributed by atoms with Crippen molar-refractivity contribution in [2.75, 3.05) is 12.4 Å². The normalized spacial score (nSPS) is 14.1. The van der Waals surface area contributed by atoms with E-state index in [2.05, 4.69) is 25.6 Å². The van der Waals surface area contributed by atoms with E-state index >= 15 is 0 Å². The highest BCUT2D eigenvalue weighted by Gasteiger charge is 2.19. The van der Waals surface area contributed by atoms with Crippen LogP contribution in [0.1, 0.15) is 23.2 Å². The second kappa shape index (κ2) is 5.91. The molecule has 1 aliphatic rings. The van der Waals surface area contributed by atoms with Crippen molar-refractivity contribution in [2.24, 2.45) is 5.10 Å². The average Bonchev–Trinajstić information content (AvgIpc) is 2.47. The first kappa shape index (κ1) is 13.7. The van der Waals surface area contributed by atoms with Crippen LogP contribution in [0.25, 0.3) is 0 Å². The van der Waals surface area contributed by atoms with E-state index in [0.717, 1.165) is 0 Å². The summed E-state index contributed by atoms with van der Waals surface area (Å²) in [4.78, 5) is 38.1. The number of hydrogen-bond acceptors (Lipinski definition) is 6. The number of rotatable bonds is 3. The van der Waals surface area contributed by atoms with Gasteiger partial charge in [0.25, 0.3) is 5.91 Å². The van der Waals surface area contributed by atoms with Gasteiger partial charge in [0.05, 0.1) is 12.7 Å². The Morgan fingerprint density at radius 1 is 1.40 bits per heavy atom. The number of amides is 2. The third-order valence-electron chi connectivity index (χ3n) is 2.59. The summed E-state index contributed by atoms with van der Waals surface area (Å²) in [6.45, 7) is 0. The number of anilines is 1. The second-order valence-electron chi connectivity index (χ2n) is 3.97. The van der Waals surface area contributed by atoms with Crippen molar-refractivity contribution < 1.29 is 19.1 Å². The van der Waals surface area contributed by atoms with Crippen LogP contribution in [0.2, 0.25) is 0 Å². The average molecular weight is 276 g/mol. The summed E-state index contributed by atoms with van der Waals surface area (Å²) in [5.74, 6) is -1.02. The highest BCUT2D eigenvalue weighted by Crippen LogP contribution is 2.09. The molecule has 8 nitrogen and oxygen atoms in total. The van der Waals surface area contributed by atoms with Gasteiger partial charge in [-0.15, -0.1) is 0 Å². The summed E-state index contributed by atoms with van der Waals surface area (Å²) in [5.41, 5.74) is 2.71. The molecule has 0 bridgehead atoms. The molecule has 8 heteroatoms. The largest absolute Gasteiger partial charge is 0.465 e. The number of aromatic nitrogens is 1. The van der Waals surface area contributed by atoms with E-state index in [4.69, 9.17) is 0 Å². The van der Waals surface area contributed by atoms with E-state index in [9.17, 15) is 14.4 Å². The second-order valence-corrected chi connectivity index (χ2v) is 3.97.